The predicted octanol–water partition coefficient (Wildman–Crippen LogP) is 2.78. The third-order valence-corrected chi connectivity index (χ3v) is 2.75. The summed E-state index contributed by atoms with van der Waals surface area (Å²) < 4.78 is 5.56. The summed E-state index contributed by atoms with van der Waals surface area (Å²) in [7, 11) is 0. The van der Waals surface area contributed by atoms with Crippen LogP contribution in [0.1, 0.15) is 26.7 Å². The molecule has 1 aromatic carbocycles. The highest BCUT2D eigenvalue weighted by atomic mass is 16.5. The molecule has 0 atom stereocenters. The standard InChI is InChI=1S/C15H23NO3/c1-13(2)19-12-11-16(10-6-9-15(17)18)14-7-4-3-5-8-14/h3-5,7-8,13H,6,9-12H2,1-2H3,(H,17,18). The Morgan fingerprint density at radius 1 is 1.26 bits per heavy atom. The second-order valence-electron chi connectivity index (χ2n) is 4.74. The van der Waals surface area contributed by atoms with Crippen LogP contribution in [0, 0.1) is 0 Å². The third kappa shape index (κ3) is 6.82. The average Bonchev–Trinajstić information content (AvgIpc) is 2.37. The molecule has 0 fully saturated rings. The summed E-state index contributed by atoms with van der Waals surface area (Å²) in [5, 5.41) is 8.70. The van der Waals surface area contributed by atoms with Gasteiger partial charge in [0.25, 0.3) is 0 Å². The van der Waals surface area contributed by atoms with Gasteiger partial charge in [0.2, 0.25) is 0 Å². The number of ether oxygens (including phenoxy) is 1. The molecule has 0 saturated carbocycles. The van der Waals surface area contributed by atoms with Crippen molar-refractivity contribution in [2.24, 2.45) is 0 Å². The molecule has 0 amide bonds. The Labute approximate surface area is 115 Å². The molecule has 0 aromatic heterocycles. The molecule has 106 valence electrons. The maximum absolute atomic E-state index is 10.6. The lowest BCUT2D eigenvalue weighted by Gasteiger charge is -2.25. The van der Waals surface area contributed by atoms with Crippen molar-refractivity contribution in [1.82, 2.24) is 0 Å². The smallest absolute Gasteiger partial charge is 0.303 e. The minimum atomic E-state index is -0.744. The number of aliphatic carboxylic acids is 1. The van der Waals surface area contributed by atoms with Gasteiger partial charge in [0.1, 0.15) is 0 Å². The number of para-hydroxylation sites is 1. The summed E-state index contributed by atoms with van der Waals surface area (Å²) in [5.74, 6) is -0.744. The zero-order valence-electron chi connectivity index (χ0n) is 11.7. The van der Waals surface area contributed by atoms with E-state index < -0.39 is 5.97 Å². The Morgan fingerprint density at radius 3 is 2.53 bits per heavy atom. The van der Waals surface area contributed by atoms with Crippen LogP contribution in [0.5, 0.6) is 0 Å². The summed E-state index contributed by atoms with van der Waals surface area (Å²) in [4.78, 5) is 12.7. The Morgan fingerprint density at radius 2 is 1.95 bits per heavy atom. The van der Waals surface area contributed by atoms with Gasteiger partial charge in [0, 0.05) is 25.2 Å². The summed E-state index contributed by atoms with van der Waals surface area (Å²) in [6.45, 7) is 6.19. The van der Waals surface area contributed by atoms with E-state index in [1.54, 1.807) is 0 Å². The Balaban J connectivity index is 2.50. The molecule has 0 saturated heterocycles. The highest BCUT2D eigenvalue weighted by Gasteiger charge is 2.07. The summed E-state index contributed by atoms with van der Waals surface area (Å²) in [6, 6.07) is 10.0. The van der Waals surface area contributed by atoms with Crippen LogP contribution in [0.3, 0.4) is 0 Å². The van der Waals surface area contributed by atoms with Crippen molar-refractivity contribution < 1.29 is 14.6 Å². The van der Waals surface area contributed by atoms with E-state index in [4.69, 9.17) is 9.84 Å². The first kappa shape index (κ1) is 15.5. The van der Waals surface area contributed by atoms with E-state index in [9.17, 15) is 4.79 Å². The fraction of sp³-hybridized carbons (Fsp3) is 0.533. The molecule has 0 aliphatic heterocycles. The predicted molar refractivity (Wildman–Crippen MR) is 76.6 cm³/mol. The van der Waals surface area contributed by atoms with Crippen molar-refractivity contribution in [2.45, 2.75) is 32.8 Å². The molecular formula is C15H23NO3. The molecule has 0 aliphatic carbocycles. The van der Waals surface area contributed by atoms with Crippen LogP contribution in [0.25, 0.3) is 0 Å². The lowest BCUT2D eigenvalue weighted by atomic mass is 10.2. The maximum atomic E-state index is 10.6. The van der Waals surface area contributed by atoms with Crippen molar-refractivity contribution in [3.8, 4) is 0 Å². The largest absolute Gasteiger partial charge is 0.481 e. The van der Waals surface area contributed by atoms with E-state index in [1.165, 1.54) is 0 Å². The molecule has 0 spiro atoms. The van der Waals surface area contributed by atoms with Gasteiger partial charge < -0.3 is 14.7 Å². The molecule has 0 aliphatic rings. The number of hydrogen-bond acceptors (Lipinski definition) is 3. The quantitative estimate of drug-likeness (QED) is 0.746. The summed E-state index contributed by atoms with van der Waals surface area (Å²) in [5.41, 5.74) is 1.11. The molecule has 0 bridgehead atoms. The number of nitrogens with zero attached hydrogens (tertiary/aromatic N) is 1. The fourth-order valence-electron chi connectivity index (χ4n) is 1.83. The molecule has 0 heterocycles. The highest BCUT2D eigenvalue weighted by Crippen LogP contribution is 2.14. The number of rotatable bonds is 9. The van der Waals surface area contributed by atoms with Gasteiger partial charge in [-0.05, 0) is 32.4 Å². The van der Waals surface area contributed by atoms with Crippen LogP contribution in [-0.2, 0) is 9.53 Å². The monoisotopic (exact) mass is 265 g/mol. The lowest BCUT2D eigenvalue weighted by Crippen LogP contribution is -2.29. The second-order valence-corrected chi connectivity index (χ2v) is 4.74. The molecule has 1 aromatic rings. The Hall–Kier alpha value is -1.55. The van der Waals surface area contributed by atoms with Crippen molar-refractivity contribution in [3.05, 3.63) is 30.3 Å². The molecule has 19 heavy (non-hydrogen) atoms. The normalized spacial score (nSPS) is 10.7. The molecule has 1 N–H and O–H groups in total. The van der Waals surface area contributed by atoms with E-state index >= 15 is 0 Å². The number of carboxylic acid groups (broad SMARTS) is 1. The molecular weight excluding hydrogens is 242 g/mol. The number of carboxylic acids is 1. The van der Waals surface area contributed by atoms with Gasteiger partial charge in [-0.25, -0.2) is 0 Å². The van der Waals surface area contributed by atoms with Gasteiger partial charge in [0.05, 0.1) is 12.7 Å². The molecule has 0 unspecified atom stereocenters. The van der Waals surface area contributed by atoms with Crippen LogP contribution in [0.15, 0.2) is 30.3 Å². The van der Waals surface area contributed by atoms with E-state index in [1.807, 2.05) is 44.2 Å². The average molecular weight is 265 g/mol. The van der Waals surface area contributed by atoms with Gasteiger partial charge in [0.15, 0.2) is 0 Å². The van der Waals surface area contributed by atoms with Crippen LogP contribution >= 0.6 is 0 Å². The number of anilines is 1. The van der Waals surface area contributed by atoms with Crippen LogP contribution in [0.4, 0.5) is 5.69 Å². The van der Waals surface area contributed by atoms with Gasteiger partial charge in [-0.2, -0.15) is 0 Å². The lowest BCUT2D eigenvalue weighted by molar-refractivity contribution is -0.137. The summed E-state index contributed by atoms with van der Waals surface area (Å²) >= 11 is 0. The van der Waals surface area contributed by atoms with Crippen molar-refractivity contribution >= 4 is 11.7 Å². The zero-order valence-corrected chi connectivity index (χ0v) is 11.7. The number of carbonyl (C=O) groups is 1. The minimum absolute atomic E-state index is 0.203. The Kier molecular flexibility index (Phi) is 6.97. The first-order valence-corrected chi connectivity index (χ1v) is 6.73. The minimum Gasteiger partial charge on any atom is -0.481 e. The first-order chi connectivity index (χ1) is 9.09. The molecule has 0 radical (unpaired) electrons. The van der Waals surface area contributed by atoms with Crippen molar-refractivity contribution in [2.75, 3.05) is 24.6 Å². The van der Waals surface area contributed by atoms with E-state index in [-0.39, 0.29) is 12.5 Å². The van der Waals surface area contributed by atoms with E-state index in [0.29, 0.717) is 13.0 Å². The van der Waals surface area contributed by atoms with Crippen LogP contribution in [0.2, 0.25) is 0 Å². The van der Waals surface area contributed by atoms with Gasteiger partial charge >= 0.3 is 5.97 Å². The number of benzene rings is 1. The zero-order chi connectivity index (χ0) is 14.1. The van der Waals surface area contributed by atoms with Crippen LogP contribution in [-0.4, -0.2) is 36.9 Å². The molecule has 4 heteroatoms. The third-order valence-electron chi connectivity index (χ3n) is 2.75. The van der Waals surface area contributed by atoms with Crippen molar-refractivity contribution in [3.63, 3.8) is 0 Å². The molecule has 4 nitrogen and oxygen atoms in total. The Bertz CT molecular complexity index is 365. The maximum Gasteiger partial charge on any atom is 0.303 e. The van der Waals surface area contributed by atoms with Gasteiger partial charge in [-0.1, -0.05) is 18.2 Å². The number of hydrogen-bond donors (Lipinski definition) is 1. The SMILES string of the molecule is CC(C)OCCN(CCCC(=O)O)c1ccccc1. The highest BCUT2D eigenvalue weighted by molar-refractivity contribution is 5.66. The fourth-order valence-corrected chi connectivity index (χ4v) is 1.83. The van der Waals surface area contributed by atoms with Gasteiger partial charge in [-0.15, -0.1) is 0 Å². The second kappa shape index (κ2) is 8.53. The van der Waals surface area contributed by atoms with Crippen molar-refractivity contribution in [1.29, 1.82) is 0 Å². The van der Waals surface area contributed by atoms with E-state index in [2.05, 4.69) is 4.90 Å². The topological polar surface area (TPSA) is 49.8 Å². The first-order valence-electron chi connectivity index (χ1n) is 6.73. The van der Waals surface area contributed by atoms with Crippen LogP contribution < -0.4 is 4.90 Å². The summed E-state index contributed by atoms with van der Waals surface area (Å²) in [6.07, 6.45) is 1.07. The molecule has 1 rings (SSSR count). The van der Waals surface area contributed by atoms with E-state index in [0.717, 1.165) is 18.8 Å². The van der Waals surface area contributed by atoms with Gasteiger partial charge in [-0.3, -0.25) is 4.79 Å².